The van der Waals surface area contributed by atoms with E-state index in [4.69, 9.17) is 9.15 Å². The van der Waals surface area contributed by atoms with E-state index in [0.717, 1.165) is 18.4 Å². The maximum absolute atomic E-state index is 12.5. The topological polar surface area (TPSA) is 62.9 Å². The molecule has 5 heteroatoms. The van der Waals surface area contributed by atoms with Crippen molar-refractivity contribution < 1.29 is 19.1 Å². The minimum Gasteiger partial charge on any atom is -0.484 e. The molecule has 1 saturated heterocycles. The monoisotopic (exact) mass is 329 g/mol. The number of nitrogens with zero attached hydrogens (tertiary/aromatic N) is 1. The maximum atomic E-state index is 12.5. The van der Waals surface area contributed by atoms with Gasteiger partial charge in [-0.2, -0.15) is 0 Å². The Kier molecular flexibility index (Phi) is 5.20. The van der Waals surface area contributed by atoms with Crippen molar-refractivity contribution >= 4 is 5.91 Å². The van der Waals surface area contributed by atoms with Crippen molar-refractivity contribution in [1.29, 1.82) is 0 Å². The lowest BCUT2D eigenvalue weighted by atomic mass is 10.1. The Morgan fingerprint density at radius 2 is 2.29 bits per heavy atom. The van der Waals surface area contributed by atoms with E-state index in [1.54, 1.807) is 18.4 Å². The van der Waals surface area contributed by atoms with Crippen LogP contribution in [0, 0.1) is 6.92 Å². The summed E-state index contributed by atoms with van der Waals surface area (Å²) in [5, 5.41) is 10.2. The molecule has 1 aromatic carbocycles. The molecule has 1 aliphatic rings. The molecule has 0 spiro atoms. The Labute approximate surface area is 141 Å². The molecule has 2 aromatic rings. The molecule has 1 aromatic heterocycles. The summed E-state index contributed by atoms with van der Waals surface area (Å²) in [5.74, 6) is 1.21. The van der Waals surface area contributed by atoms with Crippen molar-refractivity contribution in [2.45, 2.75) is 38.3 Å². The number of carbonyl (C=O) groups is 1. The summed E-state index contributed by atoms with van der Waals surface area (Å²) in [7, 11) is 0. The van der Waals surface area contributed by atoms with Crippen molar-refractivity contribution in [1.82, 2.24) is 4.90 Å². The van der Waals surface area contributed by atoms with Gasteiger partial charge in [0.15, 0.2) is 6.61 Å². The van der Waals surface area contributed by atoms with Crippen LogP contribution < -0.4 is 4.74 Å². The molecule has 2 atom stereocenters. The Bertz CT molecular complexity index is 668. The fraction of sp³-hybridized carbons (Fsp3) is 0.421. The lowest BCUT2D eigenvalue weighted by Crippen LogP contribution is -2.39. The number of hydrogen-bond donors (Lipinski definition) is 1. The van der Waals surface area contributed by atoms with Crippen molar-refractivity contribution in [3.8, 4) is 5.75 Å². The van der Waals surface area contributed by atoms with Crippen LogP contribution in [0.3, 0.4) is 0 Å². The number of ether oxygens (including phenoxy) is 1. The zero-order valence-electron chi connectivity index (χ0n) is 13.9. The van der Waals surface area contributed by atoms with E-state index >= 15 is 0 Å². The Balaban J connectivity index is 1.55. The summed E-state index contributed by atoms with van der Waals surface area (Å²) in [5.41, 5.74) is 1.10. The molecule has 2 unspecified atom stereocenters. The molecule has 0 saturated carbocycles. The van der Waals surface area contributed by atoms with Gasteiger partial charge in [-0.3, -0.25) is 4.79 Å². The average molecular weight is 329 g/mol. The summed E-state index contributed by atoms with van der Waals surface area (Å²) in [6.45, 7) is 2.73. The number of likely N-dealkylation sites (tertiary alicyclic amines) is 1. The molecule has 1 N–H and O–H groups in total. The quantitative estimate of drug-likeness (QED) is 0.884. The zero-order valence-corrected chi connectivity index (χ0v) is 13.9. The molecule has 0 aliphatic carbocycles. The predicted octanol–water partition coefficient (Wildman–Crippen LogP) is 3.08. The number of carbonyl (C=O) groups excluding carboxylic acids is 1. The second-order valence-corrected chi connectivity index (χ2v) is 6.26. The van der Waals surface area contributed by atoms with Crippen LogP contribution in [0.25, 0.3) is 0 Å². The van der Waals surface area contributed by atoms with E-state index in [0.29, 0.717) is 24.5 Å². The van der Waals surface area contributed by atoms with Gasteiger partial charge in [-0.15, -0.1) is 0 Å². The number of benzene rings is 1. The Morgan fingerprint density at radius 3 is 3.04 bits per heavy atom. The van der Waals surface area contributed by atoms with Gasteiger partial charge in [0.05, 0.1) is 6.26 Å². The third-order valence-corrected chi connectivity index (χ3v) is 4.42. The van der Waals surface area contributed by atoms with Crippen LogP contribution in [-0.2, 0) is 4.79 Å². The molecule has 24 heavy (non-hydrogen) atoms. The number of furan rings is 1. The van der Waals surface area contributed by atoms with Crippen LogP contribution in [0.15, 0.2) is 47.1 Å². The van der Waals surface area contributed by atoms with Crippen LogP contribution in [0.1, 0.15) is 36.7 Å². The number of aliphatic hydroxyl groups is 1. The van der Waals surface area contributed by atoms with E-state index in [1.165, 1.54) is 0 Å². The average Bonchev–Trinajstić information content (AvgIpc) is 3.24. The summed E-state index contributed by atoms with van der Waals surface area (Å²) in [6, 6.07) is 11.2. The number of amides is 1. The first kappa shape index (κ1) is 16.6. The summed E-state index contributed by atoms with van der Waals surface area (Å²) >= 11 is 0. The molecule has 0 radical (unpaired) electrons. The predicted molar refractivity (Wildman–Crippen MR) is 89.7 cm³/mol. The van der Waals surface area contributed by atoms with Gasteiger partial charge < -0.3 is 19.2 Å². The number of rotatable bonds is 6. The summed E-state index contributed by atoms with van der Waals surface area (Å²) < 4.78 is 10.9. The second-order valence-electron chi connectivity index (χ2n) is 6.26. The highest BCUT2D eigenvalue weighted by atomic mass is 16.5. The molecule has 3 rings (SSSR count). The molecule has 1 fully saturated rings. The van der Waals surface area contributed by atoms with Gasteiger partial charge in [0.1, 0.15) is 17.6 Å². The first-order valence-corrected chi connectivity index (χ1v) is 8.34. The standard InChI is InChI=1S/C19H23NO4/c1-14-5-2-7-16(11-14)24-13-19(22)20-9-3-6-15(20)12-17(21)18-8-4-10-23-18/h2,4-5,7-8,10-11,15,17,21H,3,6,9,12-13H2,1H3. The molecular weight excluding hydrogens is 306 g/mol. The number of aliphatic hydroxyl groups excluding tert-OH is 1. The molecular formula is C19H23NO4. The SMILES string of the molecule is Cc1cccc(OCC(=O)N2CCCC2CC(O)c2ccco2)c1. The van der Waals surface area contributed by atoms with E-state index < -0.39 is 6.10 Å². The van der Waals surface area contributed by atoms with Gasteiger partial charge in [0.2, 0.25) is 0 Å². The van der Waals surface area contributed by atoms with E-state index in [2.05, 4.69) is 0 Å². The fourth-order valence-electron chi connectivity index (χ4n) is 3.20. The second kappa shape index (κ2) is 7.53. The normalized spacial score (nSPS) is 18.6. The fourth-order valence-corrected chi connectivity index (χ4v) is 3.20. The molecule has 2 heterocycles. The third-order valence-electron chi connectivity index (χ3n) is 4.42. The lowest BCUT2D eigenvalue weighted by Gasteiger charge is -2.26. The highest BCUT2D eigenvalue weighted by molar-refractivity contribution is 5.78. The summed E-state index contributed by atoms with van der Waals surface area (Å²) in [4.78, 5) is 14.3. The van der Waals surface area contributed by atoms with Crippen molar-refractivity contribution in [2.24, 2.45) is 0 Å². The molecule has 1 aliphatic heterocycles. The Hall–Kier alpha value is -2.27. The van der Waals surface area contributed by atoms with Crippen molar-refractivity contribution in [3.05, 3.63) is 54.0 Å². The summed E-state index contributed by atoms with van der Waals surface area (Å²) in [6.07, 6.45) is 3.20. The van der Waals surface area contributed by atoms with Crippen LogP contribution in [-0.4, -0.2) is 35.1 Å². The van der Waals surface area contributed by atoms with Gasteiger partial charge in [0.25, 0.3) is 5.91 Å². The minimum atomic E-state index is -0.684. The first-order valence-electron chi connectivity index (χ1n) is 8.34. The molecule has 0 bridgehead atoms. The maximum Gasteiger partial charge on any atom is 0.260 e. The number of aryl methyl sites for hydroxylation is 1. The van der Waals surface area contributed by atoms with Crippen molar-refractivity contribution in [2.75, 3.05) is 13.2 Å². The highest BCUT2D eigenvalue weighted by Gasteiger charge is 2.31. The smallest absolute Gasteiger partial charge is 0.260 e. The van der Waals surface area contributed by atoms with Gasteiger partial charge in [-0.25, -0.2) is 0 Å². The third kappa shape index (κ3) is 3.97. The van der Waals surface area contributed by atoms with Crippen molar-refractivity contribution in [3.63, 3.8) is 0 Å². The van der Waals surface area contributed by atoms with E-state index in [-0.39, 0.29) is 18.6 Å². The van der Waals surface area contributed by atoms with Gasteiger partial charge in [-0.05, 0) is 49.6 Å². The lowest BCUT2D eigenvalue weighted by molar-refractivity contribution is -0.134. The van der Waals surface area contributed by atoms with Gasteiger partial charge in [-0.1, -0.05) is 12.1 Å². The first-order chi connectivity index (χ1) is 11.6. The highest BCUT2D eigenvalue weighted by Crippen LogP contribution is 2.27. The molecule has 5 nitrogen and oxygen atoms in total. The van der Waals surface area contributed by atoms with Crippen LogP contribution >= 0.6 is 0 Å². The number of hydrogen-bond acceptors (Lipinski definition) is 4. The Morgan fingerprint density at radius 1 is 1.42 bits per heavy atom. The molecule has 128 valence electrons. The minimum absolute atomic E-state index is 0.0246. The van der Waals surface area contributed by atoms with Gasteiger partial charge in [0, 0.05) is 19.0 Å². The van der Waals surface area contributed by atoms with Crippen LogP contribution in [0.5, 0.6) is 5.75 Å². The van der Waals surface area contributed by atoms with E-state index in [9.17, 15) is 9.90 Å². The zero-order chi connectivity index (χ0) is 16.9. The van der Waals surface area contributed by atoms with E-state index in [1.807, 2.05) is 36.1 Å². The largest absolute Gasteiger partial charge is 0.484 e. The van der Waals surface area contributed by atoms with Gasteiger partial charge >= 0.3 is 0 Å². The van der Waals surface area contributed by atoms with Crippen LogP contribution in [0.2, 0.25) is 0 Å². The van der Waals surface area contributed by atoms with Crippen LogP contribution in [0.4, 0.5) is 0 Å². The molecule has 1 amide bonds.